The van der Waals surface area contributed by atoms with Gasteiger partial charge in [0.25, 0.3) is 0 Å². The average Bonchev–Trinajstić information content (AvgIpc) is 3.00. The molecule has 0 saturated carbocycles. The molecule has 17 heavy (non-hydrogen) atoms. The van der Waals surface area contributed by atoms with Gasteiger partial charge in [0.05, 0.1) is 12.7 Å². The van der Waals surface area contributed by atoms with Crippen molar-refractivity contribution in [2.24, 2.45) is 0 Å². The summed E-state index contributed by atoms with van der Waals surface area (Å²) in [5, 5.41) is 7.84. The predicted octanol–water partition coefficient (Wildman–Crippen LogP) is 2.01. The van der Waals surface area contributed by atoms with Crippen molar-refractivity contribution in [3.8, 4) is 0 Å². The van der Waals surface area contributed by atoms with E-state index in [0.717, 1.165) is 19.6 Å². The van der Waals surface area contributed by atoms with E-state index in [1.165, 1.54) is 17.5 Å². The summed E-state index contributed by atoms with van der Waals surface area (Å²) >= 11 is 0. The van der Waals surface area contributed by atoms with Crippen LogP contribution in [-0.2, 0) is 6.54 Å². The monoisotopic (exact) mass is 227 g/mol. The van der Waals surface area contributed by atoms with Gasteiger partial charge >= 0.3 is 0 Å². The fourth-order valence-corrected chi connectivity index (χ4v) is 2.39. The molecule has 1 unspecified atom stereocenters. The highest BCUT2D eigenvalue weighted by molar-refractivity contribution is 5.17. The third-order valence-electron chi connectivity index (χ3n) is 3.37. The SMILES string of the molecule is c1ccc(Cn2cc(C3CCNC3)cn2)cc1. The minimum absolute atomic E-state index is 0.652. The summed E-state index contributed by atoms with van der Waals surface area (Å²) in [7, 11) is 0. The third kappa shape index (κ3) is 2.39. The molecule has 3 heteroatoms. The Bertz CT molecular complexity index is 469. The van der Waals surface area contributed by atoms with Crippen molar-refractivity contribution in [2.75, 3.05) is 13.1 Å². The summed E-state index contributed by atoms with van der Waals surface area (Å²) in [6.45, 7) is 3.09. The van der Waals surface area contributed by atoms with Crippen molar-refractivity contribution < 1.29 is 0 Å². The number of benzene rings is 1. The van der Waals surface area contributed by atoms with E-state index in [1.807, 2.05) is 16.9 Å². The van der Waals surface area contributed by atoms with E-state index >= 15 is 0 Å². The highest BCUT2D eigenvalue weighted by atomic mass is 15.3. The fourth-order valence-electron chi connectivity index (χ4n) is 2.39. The van der Waals surface area contributed by atoms with Crippen LogP contribution in [0.5, 0.6) is 0 Å². The van der Waals surface area contributed by atoms with E-state index < -0.39 is 0 Å². The average molecular weight is 227 g/mol. The molecule has 1 aromatic heterocycles. The first-order valence-electron chi connectivity index (χ1n) is 6.19. The molecule has 88 valence electrons. The Hall–Kier alpha value is -1.61. The Kier molecular flexibility index (Phi) is 2.92. The van der Waals surface area contributed by atoms with Crippen molar-refractivity contribution in [1.29, 1.82) is 0 Å². The minimum Gasteiger partial charge on any atom is -0.316 e. The first kappa shape index (κ1) is 10.5. The Morgan fingerprint density at radius 3 is 2.94 bits per heavy atom. The van der Waals surface area contributed by atoms with Crippen molar-refractivity contribution >= 4 is 0 Å². The number of nitrogens with zero attached hydrogens (tertiary/aromatic N) is 2. The van der Waals surface area contributed by atoms with Crippen LogP contribution in [0.1, 0.15) is 23.5 Å². The van der Waals surface area contributed by atoms with Gasteiger partial charge in [-0.25, -0.2) is 0 Å². The molecule has 2 aromatic rings. The van der Waals surface area contributed by atoms with Gasteiger partial charge in [-0.05, 0) is 24.1 Å². The van der Waals surface area contributed by atoms with E-state index in [0.29, 0.717) is 5.92 Å². The first-order valence-corrected chi connectivity index (χ1v) is 6.19. The van der Waals surface area contributed by atoms with Crippen molar-refractivity contribution in [3.63, 3.8) is 0 Å². The largest absolute Gasteiger partial charge is 0.316 e. The van der Waals surface area contributed by atoms with E-state index in [1.54, 1.807) is 0 Å². The van der Waals surface area contributed by atoms with E-state index in [-0.39, 0.29) is 0 Å². The summed E-state index contributed by atoms with van der Waals surface area (Å²) in [6, 6.07) is 10.5. The van der Waals surface area contributed by atoms with E-state index in [4.69, 9.17) is 0 Å². The molecule has 3 rings (SSSR count). The van der Waals surface area contributed by atoms with Gasteiger partial charge in [0.2, 0.25) is 0 Å². The number of aromatic nitrogens is 2. The molecule has 0 amide bonds. The summed E-state index contributed by atoms with van der Waals surface area (Å²) in [5.74, 6) is 0.652. The Morgan fingerprint density at radius 2 is 2.18 bits per heavy atom. The summed E-state index contributed by atoms with van der Waals surface area (Å²) in [6.07, 6.45) is 5.43. The molecule has 0 radical (unpaired) electrons. The van der Waals surface area contributed by atoms with Crippen LogP contribution in [0.4, 0.5) is 0 Å². The van der Waals surface area contributed by atoms with E-state index in [9.17, 15) is 0 Å². The maximum Gasteiger partial charge on any atom is 0.0659 e. The van der Waals surface area contributed by atoms with Crippen LogP contribution in [0.2, 0.25) is 0 Å². The quantitative estimate of drug-likeness (QED) is 0.869. The highest BCUT2D eigenvalue weighted by Gasteiger charge is 2.17. The predicted molar refractivity (Wildman–Crippen MR) is 68.0 cm³/mol. The molecule has 0 spiro atoms. The molecule has 0 aliphatic carbocycles. The second-order valence-electron chi connectivity index (χ2n) is 4.65. The molecule has 0 bridgehead atoms. The lowest BCUT2D eigenvalue weighted by atomic mass is 10.0. The maximum atomic E-state index is 4.44. The van der Waals surface area contributed by atoms with Crippen LogP contribution < -0.4 is 5.32 Å². The van der Waals surface area contributed by atoms with Crippen LogP contribution in [0.25, 0.3) is 0 Å². The number of hydrogen-bond donors (Lipinski definition) is 1. The smallest absolute Gasteiger partial charge is 0.0659 e. The second kappa shape index (κ2) is 4.72. The third-order valence-corrected chi connectivity index (χ3v) is 3.37. The lowest BCUT2D eigenvalue weighted by molar-refractivity contribution is 0.683. The molecular formula is C14H17N3. The molecule has 1 aliphatic rings. The van der Waals surface area contributed by atoms with Gasteiger partial charge in [-0.2, -0.15) is 5.10 Å². The zero-order valence-electron chi connectivity index (χ0n) is 9.84. The topological polar surface area (TPSA) is 29.9 Å². The molecule has 1 N–H and O–H groups in total. The Labute approximate surface area is 101 Å². The van der Waals surface area contributed by atoms with E-state index in [2.05, 4.69) is 40.9 Å². The molecule has 3 nitrogen and oxygen atoms in total. The lowest BCUT2D eigenvalue weighted by Gasteiger charge is -2.04. The fraction of sp³-hybridized carbons (Fsp3) is 0.357. The molecule has 1 atom stereocenters. The highest BCUT2D eigenvalue weighted by Crippen LogP contribution is 2.21. The van der Waals surface area contributed by atoms with Gasteiger partial charge in [0.1, 0.15) is 0 Å². The summed E-state index contributed by atoms with van der Waals surface area (Å²) < 4.78 is 2.03. The van der Waals surface area contributed by atoms with Gasteiger partial charge in [0.15, 0.2) is 0 Å². The van der Waals surface area contributed by atoms with Gasteiger partial charge in [-0.1, -0.05) is 30.3 Å². The molecule has 1 saturated heterocycles. The summed E-state index contributed by atoms with van der Waals surface area (Å²) in [4.78, 5) is 0. The van der Waals surface area contributed by atoms with Gasteiger partial charge in [0, 0.05) is 18.7 Å². The van der Waals surface area contributed by atoms with Gasteiger partial charge in [-0.15, -0.1) is 0 Å². The Balaban J connectivity index is 1.72. The van der Waals surface area contributed by atoms with Crippen molar-refractivity contribution in [3.05, 3.63) is 53.9 Å². The molecular weight excluding hydrogens is 210 g/mol. The van der Waals surface area contributed by atoms with Gasteiger partial charge in [-0.3, -0.25) is 4.68 Å². The van der Waals surface area contributed by atoms with Crippen LogP contribution in [0.15, 0.2) is 42.7 Å². The van der Waals surface area contributed by atoms with Gasteiger partial charge < -0.3 is 5.32 Å². The number of nitrogens with one attached hydrogen (secondary N) is 1. The molecule has 1 fully saturated rings. The zero-order valence-corrected chi connectivity index (χ0v) is 9.84. The lowest BCUT2D eigenvalue weighted by Crippen LogP contribution is -2.07. The first-order chi connectivity index (χ1) is 8.42. The van der Waals surface area contributed by atoms with Crippen molar-refractivity contribution in [2.45, 2.75) is 18.9 Å². The second-order valence-corrected chi connectivity index (χ2v) is 4.65. The number of hydrogen-bond acceptors (Lipinski definition) is 2. The van der Waals surface area contributed by atoms with Crippen LogP contribution >= 0.6 is 0 Å². The molecule has 2 heterocycles. The summed E-state index contributed by atoms with van der Waals surface area (Å²) in [5.41, 5.74) is 2.66. The van der Waals surface area contributed by atoms with Crippen molar-refractivity contribution in [1.82, 2.24) is 15.1 Å². The standard InChI is InChI=1S/C14H17N3/c1-2-4-12(5-3-1)10-17-11-14(9-16-17)13-6-7-15-8-13/h1-5,9,11,13,15H,6-8,10H2. The molecule has 1 aromatic carbocycles. The van der Waals surface area contributed by atoms with Crippen LogP contribution in [-0.4, -0.2) is 22.9 Å². The normalized spacial score (nSPS) is 19.6. The zero-order chi connectivity index (χ0) is 11.5. The molecule has 1 aliphatic heterocycles. The maximum absolute atomic E-state index is 4.44. The Morgan fingerprint density at radius 1 is 1.29 bits per heavy atom. The van der Waals surface area contributed by atoms with Crippen LogP contribution in [0, 0.1) is 0 Å². The van der Waals surface area contributed by atoms with Crippen LogP contribution in [0.3, 0.4) is 0 Å². The number of rotatable bonds is 3. The minimum atomic E-state index is 0.652.